The van der Waals surface area contributed by atoms with Crippen molar-refractivity contribution in [3.63, 3.8) is 0 Å². The maximum atomic E-state index is 12.5. The minimum absolute atomic E-state index is 0.0176. The Kier molecular flexibility index (Phi) is 5.02. The Bertz CT molecular complexity index is 1320. The second kappa shape index (κ2) is 6.83. The smallest absolute Gasteiger partial charge is 0.294 e. The van der Waals surface area contributed by atoms with Crippen LogP contribution in [-0.2, 0) is 26.4 Å². The number of thiazole rings is 1. The van der Waals surface area contributed by atoms with Gasteiger partial charge in [-0.15, -0.1) is 22.2 Å². The van der Waals surface area contributed by atoms with Crippen molar-refractivity contribution >= 4 is 64.4 Å². The standard InChI is InChI=1S/C15H11ClN2O4S4/c1-3-8-18-11-5-4-10(25(2,19)20)9-12(11)23-15(18)17-26(21,22)14-7-6-13(16)24-14/h1,4-7,9H,8H2,2H3. The van der Waals surface area contributed by atoms with E-state index in [2.05, 4.69) is 10.3 Å². The monoisotopic (exact) mass is 446 g/mol. The molecule has 3 aromatic rings. The van der Waals surface area contributed by atoms with Crippen LogP contribution in [0, 0.1) is 12.3 Å². The first-order valence-electron chi connectivity index (χ1n) is 6.95. The summed E-state index contributed by atoms with van der Waals surface area (Å²) in [5.41, 5.74) is 0.610. The Morgan fingerprint density at radius 1 is 1.19 bits per heavy atom. The maximum absolute atomic E-state index is 12.5. The van der Waals surface area contributed by atoms with Crippen LogP contribution in [0.2, 0.25) is 4.34 Å². The summed E-state index contributed by atoms with van der Waals surface area (Å²) < 4.78 is 54.9. The number of hydrogen-bond donors (Lipinski definition) is 0. The lowest BCUT2D eigenvalue weighted by Crippen LogP contribution is -2.16. The fourth-order valence-electron chi connectivity index (χ4n) is 2.18. The van der Waals surface area contributed by atoms with E-state index < -0.39 is 19.9 Å². The molecule has 26 heavy (non-hydrogen) atoms. The Morgan fingerprint density at radius 2 is 1.92 bits per heavy atom. The maximum Gasteiger partial charge on any atom is 0.294 e. The van der Waals surface area contributed by atoms with Crippen molar-refractivity contribution in [1.29, 1.82) is 0 Å². The highest BCUT2D eigenvalue weighted by Crippen LogP contribution is 2.27. The molecule has 0 aliphatic carbocycles. The van der Waals surface area contributed by atoms with Crippen LogP contribution in [0.4, 0.5) is 0 Å². The molecule has 0 radical (unpaired) electrons. The zero-order valence-electron chi connectivity index (χ0n) is 13.2. The number of benzene rings is 1. The number of sulfonamides is 1. The molecule has 0 spiro atoms. The molecule has 2 aromatic heterocycles. The second-order valence-corrected chi connectivity index (χ2v) is 11.8. The van der Waals surface area contributed by atoms with E-state index in [1.807, 2.05) is 0 Å². The Morgan fingerprint density at radius 3 is 2.50 bits per heavy atom. The summed E-state index contributed by atoms with van der Waals surface area (Å²) in [6, 6.07) is 7.39. The molecule has 0 bridgehead atoms. The Hall–Kier alpha value is -1.64. The van der Waals surface area contributed by atoms with E-state index in [0.29, 0.717) is 14.6 Å². The Balaban J connectivity index is 2.28. The molecular weight excluding hydrogens is 436 g/mol. The molecule has 0 fully saturated rings. The van der Waals surface area contributed by atoms with Gasteiger partial charge in [-0.1, -0.05) is 28.9 Å². The number of rotatable bonds is 4. The summed E-state index contributed by atoms with van der Waals surface area (Å²) >= 11 is 7.76. The summed E-state index contributed by atoms with van der Waals surface area (Å²) in [7, 11) is -7.35. The van der Waals surface area contributed by atoms with Gasteiger partial charge in [-0.05, 0) is 30.3 Å². The van der Waals surface area contributed by atoms with Crippen LogP contribution < -0.4 is 4.80 Å². The number of terminal acetylenes is 1. The van der Waals surface area contributed by atoms with E-state index in [-0.39, 0.29) is 20.5 Å². The average Bonchev–Trinajstić information content (AvgIpc) is 3.11. The van der Waals surface area contributed by atoms with Crippen LogP contribution in [0.25, 0.3) is 10.2 Å². The van der Waals surface area contributed by atoms with E-state index in [4.69, 9.17) is 18.0 Å². The van der Waals surface area contributed by atoms with Crippen LogP contribution in [-0.4, -0.2) is 27.7 Å². The highest BCUT2D eigenvalue weighted by molar-refractivity contribution is 7.92. The fraction of sp³-hybridized carbons (Fsp3) is 0.133. The first-order valence-corrected chi connectivity index (χ1v) is 12.3. The average molecular weight is 447 g/mol. The lowest BCUT2D eigenvalue weighted by Gasteiger charge is -2.01. The molecular formula is C15H11ClN2O4S4. The molecule has 6 nitrogen and oxygen atoms in total. The zero-order chi connectivity index (χ0) is 19.1. The number of nitrogens with zero attached hydrogens (tertiary/aromatic N) is 2. The normalized spacial score (nSPS) is 13.2. The molecule has 0 aliphatic rings. The molecule has 0 aliphatic heterocycles. The molecule has 0 saturated heterocycles. The van der Waals surface area contributed by atoms with Crippen molar-refractivity contribution in [2.45, 2.75) is 15.6 Å². The number of hydrogen-bond acceptors (Lipinski definition) is 6. The fourth-order valence-corrected chi connectivity index (χ4v) is 6.64. The Labute approximate surface area is 163 Å². The molecule has 11 heteroatoms. The minimum Gasteiger partial charge on any atom is -0.304 e. The van der Waals surface area contributed by atoms with Crippen LogP contribution in [0.3, 0.4) is 0 Å². The number of aromatic nitrogens is 1. The van der Waals surface area contributed by atoms with E-state index in [9.17, 15) is 16.8 Å². The van der Waals surface area contributed by atoms with E-state index in [1.165, 1.54) is 24.3 Å². The topological polar surface area (TPSA) is 85.6 Å². The molecule has 0 saturated carbocycles. The van der Waals surface area contributed by atoms with Crippen LogP contribution in [0.1, 0.15) is 0 Å². The number of sulfone groups is 1. The second-order valence-electron chi connectivity index (χ2n) is 5.20. The van der Waals surface area contributed by atoms with E-state index >= 15 is 0 Å². The lowest BCUT2D eigenvalue weighted by molar-refractivity contribution is 0.597. The summed E-state index contributed by atoms with van der Waals surface area (Å²) in [6.07, 6.45) is 6.49. The predicted octanol–water partition coefficient (Wildman–Crippen LogP) is 2.74. The van der Waals surface area contributed by atoms with Gasteiger partial charge >= 0.3 is 0 Å². The SMILES string of the molecule is C#CCn1c(=NS(=O)(=O)c2ccc(Cl)s2)sc2cc(S(C)(=O)=O)ccc21. The summed E-state index contributed by atoms with van der Waals surface area (Å²) in [6.45, 7) is 0.0950. The quantitative estimate of drug-likeness (QED) is 0.576. The predicted molar refractivity (Wildman–Crippen MR) is 104 cm³/mol. The molecule has 136 valence electrons. The first-order chi connectivity index (χ1) is 12.1. The van der Waals surface area contributed by atoms with Gasteiger partial charge in [-0.2, -0.15) is 8.42 Å². The third-order valence-corrected chi connectivity index (χ3v) is 8.57. The van der Waals surface area contributed by atoms with Gasteiger partial charge in [0.05, 0.1) is 26.0 Å². The van der Waals surface area contributed by atoms with Gasteiger partial charge in [0.1, 0.15) is 4.21 Å². The molecule has 0 N–H and O–H groups in total. The number of fused-ring (bicyclic) bond motifs is 1. The first kappa shape index (κ1) is 19.1. The van der Waals surface area contributed by atoms with Gasteiger partial charge in [0, 0.05) is 6.26 Å². The molecule has 0 amide bonds. The summed E-state index contributed by atoms with van der Waals surface area (Å²) in [5.74, 6) is 2.46. The third-order valence-electron chi connectivity index (χ3n) is 3.33. The molecule has 2 heterocycles. The van der Waals surface area contributed by atoms with Crippen molar-refractivity contribution in [2.24, 2.45) is 4.40 Å². The number of halogens is 1. The van der Waals surface area contributed by atoms with Gasteiger partial charge in [-0.25, -0.2) is 8.42 Å². The molecule has 3 rings (SSSR count). The van der Waals surface area contributed by atoms with Gasteiger partial charge in [0.15, 0.2) is 9.84 Å². The summed E-state index contributed by atoms with van der Waals surface area (Å²) in [5, 5.41) is 0. The zero-order valence-corrected chi connectivity index (χ0v) is 17.2. The molecule has 0 unspecified atom stereocenters. The highest BCUT2D eigenvalue weighted by atomic mass is 35.5. The van der Waals surface area contributed by atoms with Gasteiger partial charge in [0.25, 0.3) is 10.0 Å². The van der Waals surface area contributed by atoms with E-state index in [0.717, 1.165) is 28.9 Å². The van der Waals surface area contributed by atoms with Crippen molar-refractivity contribution in [1.82, 2.24) is 4.57 Å². The van der Waals surface area contributed by atoms with Crippen LogP contribution in [0.15, 0.2) is 43.8 Å². The van der Waals surface area contributed by atoms with E-state index in [1.54, 1.807) is 10.6 Å². The molecule has 0 atom stereocenters. The summed E-state index contributed by atoms with van der Waals surface area (Å²) in [4.78, 5) is 0.298. The van der Waals surface area contributed by atoms with Crippen molar-refractivity contribution in [3.8, 4) is 12.3 Å². The van der Waals surface area contributed by atoms with Gasteiger partial charge in [-0.3, -0.25) is 0 Å². The lowest BCUT2D eigenvalue weighted by atomic mass is 10.3. The third kappa shape index (κ3) is 3.72. The van der Waals surface area contributed by atoms with Crippen molar-refractivity contribution in [3.05, 3.63) is 39.5 Å². The van der Waals surface area contributed by atoms with Gasteiger partial charge in [0.2, 0.25) is 4.80 Å². The molecule has 1 aromatic carbocycles. The minimum atomic E-state index is -3.96. The largest absolute Gasteiger partial charge is 0.304 e. The highest BCUT2D eigenvalue weighted by Gasteiger charge is 2.18. The van der Waals surface area contributed by atoms with Crippen LogP contribution >= 0.6 is 34.3 Å². The van der Waals surface area contributed by atoms with Crippen LogP contribution in [0.5, 0.6) is 0 Å². The number of thiophene rings is 1. The van der Waals surface area contributed by atoms with Crippen molar-refractivity contribution < 1.29 is 16.8 Å². The van der Waals surface area contributed by atoms with Gasteiger partial charge < -0.3 is 4.57 Å². The van der Waals surface area contributed by atoms with Crippen molar-refractivity contribution in [2.75, 3.05) is 6.26 Å².